The summed E-state index contributed by atoms with van der Waals surface area (Å²) in [7, 11) is 0. The number of nitrogens with zero attached hydrogens (tertiary/aromatic N) is 2. The summed E-state index contributed by atoms with van der Waals surface area (Å²) in [6, 6.07) is 15.9. The van der Waals surface area contributed by atoms with Crippen molar-refractivity contribution >= 4 is 11.3 Å². The van der Waals surface area contributed by atoms with Crippen LogP contribution in [0.2, 0.25) is 0 Å². The van der Waals surface area contributed by atoms with E-state index in [1.807, 2.05) is 36.4 Å². The molecule has 1 N–H and O–H groups in total. The Hall–Kier alpha value is -2.14. The van der Waals surface area contributed by atoms with Gasteiger partial charge in [0, 0.05) is 17.5 Å². The van der Waals surface area contributed by atoms with Gasteiger partial charge in [-0.25, -0.2) is 0 Å². The molecule has 1 heterocycles. The fourth-order valence-electron chi connectivity index (χ4n) is 1.75. The molecule has 0 aliphatic rings. The highest BCUT2D eigenvalue weighted by Gasteiger charge is 2.06. The van der Waals surface area contributed by atoms with E-state index >= 15 is 0 Å². The Bertz CT molecular complexity index is 629. The van der Waals surface area contributed by atoms with Crippen molar-refractivity contribution in [3.8, 4) is 12.1 Å². The van der Waals surface area contributed by atoms with Crippen LogP contribution in [0, 0.1) is 22.7 Å². The standard InChI is InChI=1S/C15H13N3S/c1-11(13-4-2-12(8-16)3-5-13)18-10-15-7-6-14(9-17)19-15/h2-7,11,18H,10H2,1H3. The van der Waals surface area contributed by atoms with Crippen LogP contribution in [0.3, 0.4) is 0 Å². The minimum Gasteiger partial charge on any atom is -0.305 e. The van der Waals surface area contributed by atoms with Gasteiger partial charge < -0.3 is 5.32 Å². The molecule has 2 rings (SSSR count). The average Bonchev–Trinajstić information content (AvgIpc) is 2.93. The van der Waals surface area contributed by atoms with Crippen molar-refractivity contribution < 1.29 is 0 Å². The highest BCUT2D eigenvalue weighted by atomic mass is 32.1. The molecule has 19 heavy (non-hydrogen) atoms. The molecule has 0 radical (unpaired) electrons. The highest BCUT2D eigenvalue weighted by molar-refractivity contribution is 7.12. The largest absolute Gasteiger partial charge is 0.305 e. The number of benzene rings is 1. The van der Waals surface area contributed by atoms with E-state index in [-0.39, 0.29) is 6.04 Å². The quantitative estimate of drug-likeness (QED) is 0.924. The zero-order valence-corrected chi connectivity index (χ0v) is 11.4. The molecule has 0 saturated carbocycles. The van der Waals surface area contributed by atoms with Crippen molar-refractivity contribution in [1.29, 1.82) is 10.5 Å². The maximum atomic E-state index is 8.77. The first-order valence-corrected chi connectivity index (χ1v) is 6.77. The minimum absolute atomic E-state index is 0.209. The normalized spacial score (nSPS) is 11.5. The first kappa shape index (κ1) is 13.3. The SMILES string of the molecule is CC(NCc1ccc(C#N)s1)c1ccc(C#N)cc1. The van der Waals surface area contributed by atoms with Crippen molar-refractivity contribution in [2.75, 3.05) is 0 Å². The van der Waals surface area contributed by atoms with Crippen molar-refractivity contribution in [2.45, 2.75) is 19.5 Å². The van der Waals surface area contributed by atoms with E-state index in [0.29, 0.717) is 5.56 Å². The van der Waals surface area contributed by atoms with Crippen LogP contribution in [-0.2, 0) is 6.54 Å². The van der Waals surface area contributed by atoms with Gasteiger partial charge >= 0.3 is 0 Å². The number of nitriles is 2. The summed E-state index contributed by atoms with van der Waals surface area (Å²) in [5.41, 5.74) is 1.82. The number of hydrogen-bond acceptors (Lipinski definition) is 4. The molecule has 0 aliphatic carbocycles. The molecule has 0 bridgehead atoms. The lowest BCUT2D eigenvalue weighted by molar-refractivity contribution is 0.579. The second kappa shape index (κ2) is 6.15. The molecule has 0 spiro atoms. The molecule has 0 aliphatic heterocycles. The first-order chi connectivity index (χ1) is 9.22. The van der Waals surface area contributed by atoms with Crippen molar-refractivity contribution in [3.05, 3.63) is 57.3 Å². The van der Waals surface area contributed by atoms with Gasteiger partial charge in [-0.3, -0.25) is 0 Å². The molecule has 4 heteroatoms. The lowest BCUT2D eigenvalue weighted by Gasteiger charge is -2.13. The molecule has 0 amide bonds. The van der Waals surface area contributed by atoms with Gasteiger partial charge in [-0.05, 0) is 36.8 Å². The van der Waals surface area contributed by atoms with Gasteiger partial charge in [0.05, 0.1) is 11.6 Å². The third-order valence-electron chi connectivity index (χ3n) is 2.89. The van der Waals surface area contributed by atoms with E-state index in [2.05, 4.69) is 24.4 Å². The van der Waals surface area contributed by atoms with E-state index in [1.54, 1.807) is 0 Å². The van der Waals surface area contributed by atoms with Crippen molar-refractivity contribution in [3.63, 3.8) is 0 Å². The van der Waals surface area contributed by atoms with E-state index in [9.17, 15) is 0 Å². The Labute approximate surface area is 116 Å². The predicted molar refractivity (Wildman–Crippen MR) is 75.4 cm³/mol. The van der Waals surface area contributed by atoms with Crippen LogP contribution in [-0.4, -0.2) is 0 Å². The molecule has 0 saturated heterocycles. The lowest BCUT2D eigenvalue weighted by atomic mass is 10.1. The molecule has 2 aromatic rings. The molecular formula is C15H13N3S. The molecule has 1 atom stereocenters. The molecule has 1 aromatic carbocycles. The second-order valence-electron chi connectivity index (χ2n) is 4.21. The smallest absolute Gasteiger partial charge is 0.110 e. The van der Waals surface area contributed by atoms with E-state index in [0.717, 1.165) is 21.9 Å². The van der Waals surface area contributed by atoms with Gasteiger partial charge in [-0.2, -0.15) is 10.5 Å². The average molecular weight is 267 g/mol. The van der Waals surface area contributed by atoms with Crippen LogP contribution >= 0.6 is 11.3 Å². The topological polar surface area (TPSA) is 59.6 Å². The van der Waals surface area contributed by atoms with Crippen LogP contribution in [0.15, 0.2) is 36.4 Å². The van der Waals surface area contributed by atoms with Crippen molar-refractivity contribution in [2.24, 2.45) is 0 Å². The zero-order chi connectivity index (χ0) is 13.7. The fourth-order valence-corrected chi connectivity index (χ4v) is 2.51. The minimum atomic E-state index is 0.209. The number of thiophene rings is 1. The van der Waals surface area contributed by atoms with Crippen LogP contribution < -0.4 is 5.32 Å². The van der Waals surface area contributed by atoms with Gasteiger partial charge in [0.15, 0.2) is 0 Å². The predicted octanol–water partition coefficient (Wildman–Crippen LogP) is 3.34. The first-order valence-electron chi connectivity index (χ1n) is 5.95. The third-order valence-corrected chi connectivity index (χ3v) is 3.88. The molecule has 3 nitrogen and oxygen atoms in total. The number of hydrogen-bond donors (Lipinski definition) is 1. The maximum absolute atomic E-state index is 8.77. The van der Waals surface area contributed by atoms with Gasteiger partial charge in [-0.1, -0.05) is 12.1 Å². The zero-order valence-electron chi connectivity index (χ0n) is 10.6. The van der Waals surface area contributed by atoms with Gasteiger partial charge in [-0.15, -0.1) is 11.3 Å². The van der Waals surface area contributed by atoms with Crippen LogP contribution in [0.25, 0.3) is 0 Å². The second-order valence-corrected chi connectivity index (χ2v) is 5.38. The summed E-state index contributed by atoms with van der Waals surface area (Å²) in [5, 5.41) is 20.9. The summed E-state index contributed by atoms with van der Waals surface area (Å²) in [5.74, 6) is 0. The number of nitrogens with one attached hydrogen (secondary N) is 1. The van der Waals surface area contributed by atoms with Gasteiger partial charge in [0.1, 0.15) is 10.9 Å². The summed E-state index contributed by atoms with van der Waals surface area (Å²) >= 11 is 1.51. The Balaban J connectivity index is 1.95. The van der Waals surface area contributed by atoms with Crippen LogP contribution in [0.1, 0.15) is 33.8 Å². The molecule has 1 unspecified atom stereocenters. The third kappa shape index (κ3) is 3.42. The maximum Gasteiger partial charge on any atom is 0.110 e. The molecule has 94 valence electrons. The Morgan fingerprint density at radius 3 is 2.42 bits per heavy atom. The number of rotatable bonds is 4. The van der Waals surface area contributed by atoms with Crippen molar-refractivity contribution in [1.82, 2.24) is 5.32 Å². The molecule has 0 fully saturated rings. The van der Waals surface area contributed by atoms with Gasteiger partial charge in [0.25, 0.3) is 0 Å². The lowest BCUT2D eigenvalue weighted by Crippen LogP contribution is -2.17. The Kier molecular flexibility index (Phi) is 4.30. The highest BCUT2D eigenvalue weighted by Crippen LogP contribution is 2.18. The monoisotopic (exact) mass is 267 g/mol. The Morgan fingerprint density at radius 2 is 1.84 bits per heavy atom. The van der Waals surface area contributed by atoms with E-state index in [4.69, 9.17) is 10.5 Å². The fraction of sp³-hybridized carbons (Fsp3) is 0.200. The van der Waals surface area contributed by atoms with Crippen LogP contribution in [0.5, 0.6) is 0 Å². The summed E-state index contributed by atoms with van der Waals surface area (Å²) < 4.78 is 0. The van der Waals surface area contributed by atoms with Gasteiger partial charge in [0.2, 0.25) is 0 Å². The molecule has 1 aromatic heterocycles. The summed E-state index contributed by atoms with van der Waals surface area (Å²) in [4.78, 5) is 1.89. The van der Waals surface area contributed by atoms with Crippen LogP contribution in [0.4, 0.5) is 0 Å². The summed E-state index contributed by atoms with van der Waals surface area (Å²) in [6.07, 6.45) is 0. The van der Waals surface area contributed by atoms with E-state index < -0.39 is 0 Å². The van der Waals surface area contributed by atoms with E-state index in [1.165, 1.54) is 11.3 Å². The summed E-state index contributed by atoms with van der Waals surface area (Å²) in [6.45, 7) is 2.83. The molecular weight excluding hydrogens is 254 g/mol. The Morgan fingerprint density at radius 1 is 1.11 bits per heavy atom.